The summed E-state index contributed by atoms with van der Waals surface area (Å²) < 4.78 is 1.76. The van der Waals surface area contributed by atoms with E-state index in [1.54, 1.807) is 10.9 Å². The van der Waals surface area contributed by atoms with Crippen LogP contribution in [0, 0.1) is 5.92 Å². The molecule has 0 saturated carbocycles. The Balaban J connectivity index is 2.05. The molecule has 19 heavy (non-hydrogen) atoms. The summed E-state index contributed by atoms with van der Waals surface area (Å²) >= 11 is 0. The van der Waals surface area contributed by atoms with E-state index in [4.69, 9.17) is 5.73 Å². The molecule has 2 rings (SSSR count). The Morgan fingerprint density at radius 1 is 1.32 bits per heavy atom. The molecule has 1 aromatic carbocycles. The first-order valence-electron chi connectivity index (χ1n) is 6.24. The first-order valence-corrected chi connectivity index (χ1v) is 6.24. The van der Waals surface area contributed by atoms with Gasteiger partial charge in [-0.3, -0.25) is 4.79 Å². The molecule has 100 valence electrons. The lowest BCUT2D eigenvalue weighted by Gasteiger charge is -2.15. The molecule has 5 heteroatoms. The van der Waals surface area contributed by atoms with Crippen LogP contribution in [0.4, 0.5) is 5.69 Å². The first kappa shape index (κ1) is 13.3. The Morgan fingerprint density at radius 3 is 2.53 bits per heavy atom. The molecule has 1 heterocycles. The summed E-state index contributed by atoms with van der Waals surface area (Å²) in [5.41, 5.74) is 7.41. The largest absolute Gasteiger partial charge is 0.327 e. The van der Waals surface area contributed by atoms with Gasteiger partial charge in [0.15, 0.2) is 0 Å². The second-order valence-electron chi connectivity index (χ2n) is 4.63. The van der Waals surface area contributed by atoms with Gasteiger partial charge in [-0.2, -0.15) is 5.10 Å². The predicted octanol–water partition coefficient (Wildman–Crippen LogP) is 1.79. The van der Waals surface area contributed by atoms with Crippen molar-refractivity contribution in [3.05, 3.63) is 42.7 Å². The Hall–Kier alpha value is -2.14. The van der Waals surface area contributed by atoms with E-state index in [1.165, 1.54) is 0 Å². The molecular weight excluding hydrogens is 240 g/mol. The fourth-order valence-corrected chi connectivity index (χ4v) is 1.61. The van der Waals surface area contributed by atoms with E-state index >= 15 is 0 Å². The number of nitrogens with two attached hydrogens (primary N) is 1. The number of amides is 1. The van der Waals surface area contributed by atoms with Crippen molar-refractivity contribution in [3.8, 4) is 5.69 Å². The quantitative estimate of drug-likeness (QED) is 0.878. The second kappa shape index (κ2) is 5.67. The minimum absolute atomic E-state index is 0.0677. The normalized spacial score (nSPS) is 13.8. The molecule has 0 saturated heterocycles. The molecule has 2 unspecified atom stereocenters. The van der Waals surface area contributed by atoms with Crippen LogP contribution in [0.1, 0.15) is 13.8 Å². The summed E-state index contributed by atoms with van der Waals surface area (Å²) in [5.74, 6) is -0.285. The highest BCUT2D eigenvalue weighted by Crippen LogP contribution is 2.14. The molecule has 0 radical (unpaired) electrons. The second-order valence-corrected chi connectivity index (χ2v) is 4.63. The fourth-order valence-electron chi connectivity index (χ4n) is 1.61. The molecule has 0 aliphatic rings. The first-order chi connectivity index (χ1) is 9.08. The fraction of sp³-hybridized carbons (Fsp3) is 0.286. The van der Waals surface area contributed by atoms with Crippen LogP contribution in [0.5, 0.6) is 0 Å². The van der Waals surface area contributed by atoms with Gasteiger partial charge in [-0.25, -0.2) is 4.68 Å². The maximum atomic E-state index is 11.9. The van der Waals surface area contributed by atoms with Gasteiger partial charge in [-0.1, -0.05) is 6.92 Å². The van der Waals surface area contributed by atoms with Crippen molar-refractivity contribution >= 4 is 11.6 Å². The summed E-state index contributed by atoms with van der Waals surface area (Å²) in [5, 5.41) is 6.99. The summed E-state index contributed by atoms with van der Waals surface area (Å²) in [6.45, 7) is 3.64. The highest BCUT2D eigenvalue weighted by Gasteiger charge is 2.16. The van der Waals surface area contributed by atoms with E-state index in [2.05, 4.69) is 10.4 Å². The summed E-state index contributed by atoms with van der Waals surface area (Å²) in [6, 6.07) is 9.20. The number of nitrogens with one attached hydrogen (secondary N) is 1. The molecule has 1 amide bonds. The molecule has 0 fully saturated rings. The summed E-state index contributed by atoms with van der Waals surface area (Å²) in [6.07, 6.45) is 3.59. The van der Waals surface area contributed by atoms with Crippen molar-refractivity contribution in [2.75, 3.05) is 5.32 Å². The van der Waals surface area contributed by atoms with Crippen molar-refractivity contribution < 1.29 is 4.79 Å². The minimum Gasteiger partial charge on any atom is -0.327 e. The Bertz CT molecular complexity index is 531. The monoisotopic (exact) mass is 258 g/mol. The van der Waals surface area contributed by atoms with Gasteiger partial charge >= 0.3 is 0 Å². The lowest BCUT2D eigenvalue weighted by molar-refractivity contribution is -0.119. The SMILES string of the molecule is CC(N)C(C)C(=O)Nc1ccc(-n2cccn2)cc1. The third-order valence-electron chi connectivity index (χ3n) is 3.11. The average molecular weight is 258 g/mol. The van der Waals surface area contributed by atoms with Crippen LogP contribution >= 0.6 is 0 Å². The third kappa shape index (κ3) is 3.20. The number of aromatic nitrogens is 2. The number of nitrogens with zero attached hydrogens (tertiary/aromatic N) is 2. The number of rotatable bonds is 4. The number of hydrogen-bond acceptors (Lipinski definition) is 3. The van der Waals surface area contributed by atoms with Crippen LogP contribution in [0.2, 0.25) is 0 Å². The highest BCUT2D eigenvalue weighted by molar-refractivity contribution is 5.92. The lowest BCUT2D eigenvalue weighted by Crippen LogP contribution is -2.34. The predicted molar refractivity (Wildman–Crippen MR) is 75.0 cm³/mol. The zero-order valence-corrected chi connectivity index (χ0v) is 11.1. The van der Waals surface area contributed by atoms with Crippen molar-refractivity contribution in [1.29, 1.82) is 0 Å². The Morgan fingerprint density at radius 2 is 2.00 bits per heavy atom. The van der Waals surface area contributed by atoms with E-state index in [9.17, 15) is 4.79 Å². The molecule has 0 bridgehead atoms. The van der Waals surface area contributed by atoms with Gasteiger partial charge in [-0.05, 0) is 37.3 Å². The van der Waals surface area contributed by atoms with Crippen molar-refractivity contribution in [2.45, 2.75) is 19.9 Å². The Kier molecular flexibility index (Phi) is 3.97. The van der Waals surface area contributed by atoms with Crippen LogP contribution in [-0.2, 0) is 4.79 Å². The van der Waals surface area contributed by atoms with Gasteiger partial charge in [0.05, 0.1) is 11.6 Å². The number of carbonyl (C=O) groups is 1. The number of benzene rings is 1. The van der Waals surface area contributed by atoms with E-state index in [-0.39, 0.29) is 17.9 Å². The lowest BCUT2D eigenvalue weighted by atomic mass is 10.0. The molecular formula is C14H18N4O. The Labute approximate surface area is 112 Å². The molecule has 0 aliphatic heterocycles. The number of carbonyl (C=O) groups excluding carboxylic acids is 1. The van der Waals surface area contributed by atoms with Crippen LogP contribution in [0.15, 0.2) is 42.7 Å². The van der Waals surface area contributed by atoms with Gasteiger partial charge in [0.25, 0.3) is 0 Å². The topological polar surface area (TPSA) is 72.9 Å². The van der Waals surface area contributed by atoms with Crippen molar-refractivity contribution in [3.63, 3.8) is 0 Å². The van der Waals surface area contributed by atoms with Gasteiger partial charge < -0.3 is 11.1 Å². The molecule has 2 aromatic rings. The molecule has 2 atom stereocenters. The van der Waals surface area contributed by atoms with Crippen molar-refractivity contribution in [2.24, 2.45) is 11.7 Å². The van der Waals surface area contributed by atoms with Gasteiger partial charge in [0.1, 0.15) is 0 Å². The van der Waals surface area contributed by atoms with Gasteiger partial charge in [-0.15, -0.1) is 0 Å². The van der Waals surface area contributed by atoms with Crippen molar-refractivity contribution in [1.82, 2.24) is 9.78 Å². The van der Waals surface area contributed by atoms with E-state index < -0.39 is 0 Å². The summed E-state index contributed by atoms with van der Waals surface area (Å²) in [7, 11) is 0. The molecule has 0 aliphatic carbocycles. The highest BCUT2D eigenvalue weighted by atomic mass is 16.1. The maximum Gasteiger partial charge on any atom is 0.228 e. The minimum atomic E-state index is -0.217. The van der Waals surface area contributed by atoms with Crippen LogP contribution in [-0.4, -0.2) is 21.7 Å². The molecule has 1 aromatic heterocycles. The zero-order chi connectivity index (χ0) is 13.8. The average Bonchev–Trinajstić information content (AvgIpc) is 2.92. The van der Waals surface area contributed by atoms with E-state index in [0.717, 1.165) is 11.4 Å². The zero-order valence-electron chi connectivity index (χ0n) is 11.1. The van der Waals surface area contributed by atoms with Crippen LogP contribution in [0.25, 0.3) is 5.69 Å². The standard InChI is InChI=1S/C14H18N4O/c1-10(11(2)15)14(19)17-12-4-6-13(7-5-12)18-9-3-8-16-18/h3-11H,15H2,1-2H3,(H,17,19). The third-order valence-corrected chi connectivity index (χ3v) is 3.11. The number of anilines is 1. The smallest absolute Gasteiger partial charge is 0.228 e. The van der Waals surface area contributed by atoms with Gasteiger partial charge in [0.2, 0.25) is 5.91 Å². The molecule has 3 N–H and O–H groups in total. The molecule has 0 spiro atoms. The van der Waals surface area contributed by atoms with Gasteiger partial charge in [0, 0.05) is 24.1 Å². The molecule has 5 nitrogen and oxygen atoms in total. The van der Waals surface area contributed by atoms with Crippen LogP contribution < -0.4 is 11.1 Å². The maximum absolute atomic E-state index is 11.9. The van der Waals surface area contributed by atoms with Crippen LogP contribution in [0.3, 0.4) is 0 Å². The van der Waals surface area contributed by atoms with E-state index in [0.29, 0.717) is 0 Å². The van der Waals surface area contributed by atoms with E-state index in [1.807, 2.05) is 50.4 Å². The number of hydrogen-bond donors (Lipinski definition) is 2. The summed E-state index contributed by atoms with van der Waals surface area (Å²) in [4.78, 5) is 11.9.